The van der Waals surface area contributed by atoms with Gasteiger partial charge in [-0.15, -0.1) is 11.3 Å². The van der Waals surface area contributed by atoms with E-state index in [1.165, 1.54) is 23.5 Å². The van der Waals surface area contributed by atoms with Crippen LogP contribution in [0, 0.1) is 11.8 Å². The smallest absolute Gasteiger partial charge is 0.303 e. The van der Waals surface area contributed by atoms with Gasteiger partial charge >= 0.3 is 5.97 Å². The molecule has 4 atom stereocenters. The molecule has 0 saturated heterocycles. The first kappa shape index (κ1) is 22.6. The number of unbranched alkanes of at least 4 members (excludes halogenated alkanes) is 1. The quantitative estimate of drug-likeness (QED) is 0.367. The normalized spacial score (nSPS) is 24.9. The molecule has 0 amide bonds. The Labute approximate surface area is 178 Å². The van der Waals surface area contributed by atoms with Crippen molar-refractivity contribution in [3.05, 3.63) is 59.5 Å². The summed E-state index contributed by atoms with van der Waals surface area (Å²) in [7, 11) is 0. The predicted octanol–water partition coefficient (Wildman–Crippen LogP) is 5.32. The second-order valence-corrected chi connectivity index (χ2v) is 8.85. The Balaban J connectivity index is 1.65. The molecule has 30 heavy (non-hydrogen) atoms. The molecule has 1 heterocycles. The minimum Gasteiger partial charge on any atom is -0.481 e. The Morgan fingerprint density at radius 1 is 1.30 bits per heavy atom. The number of fused-ring (bicyclic) bond motifs is 1. The SMILES string of the molecule is O=C(O)CCC/C=C\C[C@@H]1[C@@H](/C=C/[C@@H](O)c2cc3ccccc3s2)C(F)(F)C[C@@H]1O. The van der Waals surface area contributed by atoms with Crippen molar-refractivity contribution in [3.8, 4) is 0 Å². The molecule has 1 aromatic carbocycles. The summed E-state index contributed by atoms with van der Waals surface area (Å²) in [6.07, 6.45) is 4.92. The summed E-state index contributed by atoms with van der Waals surface area (Å²) in [5.74, 6) is -5.73. The van der Waals surface area contributed by atoms with Crippen LogP contribution < -0.4 is 0 Å². The van der Waals surface area contributed by atoms with Crippen molar-refractivity contribution in [1.82, 2.24) is 0 Å². The third kappa shape index (κ3) is 5.53. The largest absolute Gasteiger partial charge is 0.481 e. The van der Waals surface area contributed by atoms with E-state index in [1.807, 2.05) is 30.3 Å². The van der Waals surface area contributed by atoms with Crippen molar-refractivity contribution in [2.24, 2.45) is 11.8 Å². The number of carboxylic acid groups (broad SMARTS) is 1. The van der Waals surface area contributed by atoms with E-state index in [0.29, 0.717) is 17.7 Å². The molecule has 162 valence electrons. The van der Waals surface area contributed by atoms with E-state index in [9.17, 15) is 23.8 Å². The Morgan fingerprint density at radius 2 is 2.07 bits per heavy atom. The van der Waals surface area contributed by atoms with Gasteiger partial charge in [0.25, 0.3) is 5.92 Å². The van der Waals surface area contributed by atoms with E-state index in [1.54, 1.807) is 12.2 Å². The lowest BCUT2D eigenvalue weighted by atomic mass is 9.89. The average Bonchev–Trinajstić information content (AvgIpc) is 3.20. The third-order valence-electron chi connectivity index (χ3n) is 5.50. The summed E-state index contributed by atoms with van der Waals surface area (Å²) in [5, 5.41) is 30.3. The molecule has 0 unspecified atom stereocenters. The topological polar surface area (TPSA) is 77.8 Å². The van der Waals surface area contributed by atoms with Crippen LogP contribution in [0.1, 0.15) is 43.1 Å². The number of hydrogen-bond donors (Lipinski definition) is 3. The lowest BCUT2D eigenvalue weighted by Crippen LogP contribution is -2.24. The second-order valence-electron chi connectivity index (χ2n) is 7.73. The molecule has 1 aliphatic rings. The highest BCUT2D eigenvalue weighted by molar-refractivity contribution is 7.19. The van der Waals surface area contributed by atoms with Gasteiger partial charge in [0.15, 0.2) is 0 Å². The van der Waals surface area contributed by atoms with Gasteiger partial charge in [-0.3, -0.25) is 4.79 Å². The molecule has 3 N–H and O–H groups in total. The van der Waals surface area contributed by atoms with Crippen LogP contribution in [0.15, 0.2) is 54.6 Å². The van der Waals surface area contributed by atoms with Crippen LogP contribution in [-0.2, 0) is 4.79 Å². The van der Waals surface area contributed by atoms with Crippen LogP contribution in [0.2, 0.25) is 0 Å². The maximum atomic E-state index is 14.5. The molecule has 3 rings (SSSR count). The van der Waals surface area contributed by atoms with Crippen LogP contribution in [0.5, 0.6) is 0 Å². The lowest BCUT2D eigenvalue weighted by Gasteiger charge is -2.21. The molecular formula is C23H26F2O4S. The van der Waals surface area contributed by atoms with Crippen molar-refractivity contribution < 1.29 is 28.9 Å². The Hall–Kier alpha value is -2.09. The minimum atomic E-state index is -3.04. The van der Waals surface area contributed by atoms with Crippen molar-refractivity contribution in [1.29, 1.82) is 0 Å². The van der Waals surface area contributed by atoms with Gasteiger partial charge in [0.1, 0.15) is 6.10 Å². The average molecular weight is 437 g/mol. The maximum Gasteiger partial charge on any atom is 0.303 e. The molecule has 0 radical (unpaired) electrons. The number of carbonyl (C=O) groups is 1. The summed E-state index contributed by atoms with van der Waals surface area (Å²) in [5.41, 5.74) is 0. The molecular weight excluding hydrogens is 410 g/mol. The molecule has 0 aliphatic heterocycles. The molecule has 7 heteroatoms. The zero-order chi connectivity index (χ0) is 21.7. The molecule has 1 aromatic heterocycles. The van der Waals surface area contributed by atoms with Crippen LogP contribution >= 0.6 is 11.3 Å². The number of carboxylic acids is 1. The van der Waals surface area contributed by atoms with Crippen LogP contribution in [0.3, 0.4) is 0 Å². The molecule has 0 spiro atoms. The first-order valence-electron chi connectivity index (χ1n) is 10.1. The number of halogens is 2. The van der Waals surface area contributed by atoms with Crippen LogP contribution in [0.4, 0.5) is 8.78 Å². The molecule has 0 bridgehead atoms. The summed E-state index contributed by atoms with van der Waals surface area (Å²) < 4.78 is 30.0. The third-order valence-corrected chi connectivity index (χ3v) is 6.68. The van der Waals surface area contributed by atoms with Crippen molar-refractivity contribution in [2.75, 3.05) is 0 Å². The van der Waals surface area contributed by atoms with Gasteiger partial charge in [0.2, 0.25) is 0 Å². The Kier molecular flexibility index (Phi) is 7.39. The maximum absolute atomic E-state index is 14.5. The summed E-state index contributed by atoms with van der Waals surface area (Å²) in [4.78, 5) is 11.2. The fourth-order valence-corrected chi connectivity index (χ4v) is 4.95. The standard InChI is InChI=1S/C23H26F2O4S/c24-23(25)14-19(27)16(8-3-1-2-4-10-22(28)29)17(23)11-12-18(26)21-13-15-7-5-6-9-20(15)30-21/h1,3,5-7,9,11-13,16-19,26-27H,2,4,8,10,14H2,(H,28,29)/b3-1-,12-11+/t16-,17-,18-,19+/m1/s1. The molecule has 1 fully saturated rings. The van der Waals surface area contributed by atoms with E-state index in [4.69, 9.17) is 5.11 Å². The molecule has 1 saturated carbocycles. The van der Waals surface area contributed by atoms with Gasteiger partial charge in [-0.2, -0.15) is 0 Å². The highest BCUT2D eigenvalue weighted by Crippen LogP contribution is 2.47. The zero-order valence-corrected chi connectivity index (χ0v) is 17.3. The van der Waals surface area contributed by atoms with E-state index in [0.717, 1.165) is 10.1 Å². The number of aliphatic hydroxyl groups excluding tert-OH is 2. The fourth-order valence-electron chi connectivity index (χ4n) is 3.92. The number of aliphatic carboxylic acids is 1. The number of alkyl halides is 2. The number of aliphatic hydroxyl groups is 2. The number of thiophene rings is 1. The summed E-state index contributed by atoms with van der Waals surface area (Å²) >= 11 is 1.42. The highest BCUT2D eigenvalue weighted by Gasteiger charge is 2.53. The van der Waals surface area contributed by atoms with Crippen molar-refractivity contribution in [2.45, 2.75) is 50.2 Å². The van der Waals surface area contributed by atoms with Crippen molar-refractivity contribution >= 4 is 27.4 Å². The van der Waals surface area contributed by atoms with Gasteiger partial charge in [-0.05, 0) is 36.8 Å². The zero-order valence-electron chi connectivity index (χ0n) is 16.5. The number of allylic oxidation sites excluding steroid dienone is 3. The van der Waals surface area contributed by atoms with E-state index < -0.39 is 42.4 Å². The van der Waals surface area contributed by atoms with Crippen LogP contribution in [0.25, 0.3) is 10.1 Å². The number of benzene rings is 1. The van der Waals surface area contributed by atoms with Gasteiger partial charge in [-0.25, -0.2) is 8.78 Å². The first-order chi connectivity index (χ1) is 14.3. The number of rotatable bonds is 9. The second kappa shape index (κ2) is 9.81. The fraction of sp³-hybridized carbons (Fsp3) is 0.435. The molecule has 2 aromatic rings. The molecule has 4 nitrogen and oxygen atoms in total. The summed E-state index contributed by atoms with van der Waals surface area (Å²) in [6.45, 7) is 0. The van der Waals surface area contributed by atoms with Crippen molar-refractivity contribution in [3.63, 3.8) is 0 Å². The minimum absolute atomic E-state index is 0.0649. The van der Waals surface area contributed by atoms with Gasteiger partial charge < -0.3 is 15.3 Å². The van der Waals surface area contributed by atoms with Crippen LogP contribution in [-0.4, -0.2) is 33.3 Å². The van der Waals surface area contributed by atoms with Gasteiger partial charge in [0, 0.05) is 34.3 Å². The Morgan fingerprint density at radius 3 is 2.80 bits per heavy atom. The van der Waals surface area contributed by atoms with Gasteiger partial charge in [-0.1, -0.05) is 42.5 Å². The summed E-state index contributed by atoms with van der Waals surface area (Å²) in [6, 6.07) is 9.55. The lowest BCUT2D eigenvalue weighted by molar-refractivity contribution is -0.137. The van der Waals surface area contributed by atoms with E-state index in [2.05, 4.69) is 0 Å². The first-order valence-corrected chi connectivity index (χ1v) is 10.9. The van der Waals surface area contributed by atoms with E-state index in [-0.39, 0.29) is 12.8 Å². The predicted molar refractivity (Wildman–Crippen MR) is 114 cm³/mol. The Bertz CT molecular complexity index is 888. The molecule has 1 aliphatic carbocycles. The monoisotopic (exact) mass is 436 g/mol. The highest BCUT2D eigenvalue weighted by atomic mass is 32.1. The number of hydrogen-bond acceptors (Lipinski definition) is 4. The van der Waals surface area contributed by atoms with E-state index >= 15 is 0 Å². The van der Waals surface area contributed by atoms with Gasteiger partial charge in [0.05, 0.1) is 6.10 Å².